The molecule has 0 aliphatic rings. The van der Waals surface area contributed by atoms with E-state index in [2.05, 4.69) is 54.4 Å². The average molecular weight is 466 g/mol. The van der Waals surface area contributed by atoms with E-state index in [0.29, 0.717) is 5.56 Å². The number of unbranched alkanes of at least 4 members (excludes halogenated alkanes) is 4. The lowest BCUT2D eigenvalue weighted by Gasteiger charge is -2.09. The Morgan fingerprint density at radius 3 is 1.80 bits per heavy atom. The molecule has 0 amide bonds. The standard InChI is InChI=1S/C33H36FN/c1-2-3-5-9-26-13-17-29(18-14-26)31-21-22-32(33(34)24-31)30-19-15-27(16-20-30)10-6-4-7-11-28-12-8-23-35-25-28/h8,12-25H,2-7,9-11H2,1H3. The Bertz CT molecular complexity index is 1160. The average Bonchev–Trinajstić information content (AvgIpc) is 2.90. The minimum atomic E-state index is -0.169. The Morgan fingerprint density at radius 1 is 0.600 bits per heavy atom. The highest BCUT2D eigenvalue weighted by Crippen LogP contribution is 2.29. The summed E-state index contributed by atoms with van der Waals surface area (Å²) in [5.41, 5.74) is 7.56. The molecule has 0 spiro atoms. The molecule has 3 aromatic carbocycles. The van der Waals surface area contributed by atoms with Crippen LogP contribution in [-0.4, -0.2) is 4.98 Å². The van der Waals surface area contributed by atoms with Gasteiger partial charge >= 0.3 is 0 Å². The highest BCUT2D eigenvalue weighted by atomic mass is 19.1. The van der Waals surface area contributed by atoms with E-state index in [1.807, 2.05) is 42.7 Å². The minimum Gasteiger partial charge on any atom is -0.264 e. The van der Waals surface area contributed by atoms with Gasteiger partial charge in [-0.15, -0.1) is 0 Å². The van der Waals surface area contributed by atoms with Crippen LogP contribution in [0.2, 0.25) is 0 Å². The minimum absolute atomic E-state index is 0.169. The number of halogens is 1. The second-order valence-electron chi connectivity index (χ2n) is 9.47. The number of benzene rings is 3. The van der Waals surface area contributed by atoms with Gasteiger partial charge in [0.2, 0.25) is 0 Å². The normalized spacial score (nSPS) is 11.0. The molecule has 4 aromatic rings. The van der Waals surface area contributed by atoms with Crippen molar-refractivity contribution in [1.29, 1.82) is 0 Å². The summed E-state index contributed by atoms with van der Waals surface area (Å²) in [6, 6.07) is 26.7. The molecular formula is C33H36FN. The number of aromatic nitrogens is 1. The van der Waals surface area contributed by atoms with Crippen molar-refractivity contribution >= 4 is 0 Å². The molecule has 0 aliphatic heterocycles. The van der Waals surface area contributed by atoms with Crippen molar-refractivity contribution in [3.8, 4) is 22.3 Å². The Kier molecular flexibility index (Phi) is 9.23. The zero-order valence-corrected chi connectivity index (χ0v) is 20.8. The molecule has 0 fully saturated rings. The van der Waals surface area contributed by atoms with E-state index in [-0.39, 0.29) is 5.82 Å². The van der Waals surface area contributed by atoms with E-state index in [1.54, 1.807) is 6.07 Å². The van der Waals surface area contributed by atoms with Gasteiger partial charge in [0.1, 0.15) is 5.82 Å². The summed E-state index contributed by atoms with van der Waals surface area (Å²) in [5.74, 6) is -0.169. The third kappa shape index (κ3) is 7.36. The maximum atomic E-state index is 15.0. The summed E-state index contributed by atoms with van der Waals surface area (Å²) in [6.07, 6.45) is 14.3. The van der Waals surface area contributed by atoms with Gasteiger partial charge in [0.25, 0.3) is 0 Å². The summed E-state index contributed by atoms with van der Waals surface area (Å²) in [5, 5.41) is 0. The molecule has 0 bridgehead atoms. The topological polar surface area (TPSA) is 12.9 Å². The molecule has 4 rings (SSSR count). The quantitative estimate of drug-likeness (QED) is 0.190. The molecule has 0 radical (unpaired) electrons. The van der Waals surface area contributed by atoms with Crippen LogP contribution >= 0.6 is 0 Å². The highest BCUT2D eigenvalue weighted by Gasteiger charge is 2.08. The van der Waals surface area contributed by atoms with Crippen LogP contribution in [0.15, 0.2) is 91.3 Å². The summed E-state index contributed by atoms with van der Waals surface area (Å²) in [7, 11) is 0. The predicted molar refractivity (Wildman–Crippen MR) is 146 cm³/mol. The van der Waals surface area contributed by atoms with Crippen LogP contribution in [0.3, 0.4) is 0 Å². The number of nitrogens with zero attached hydrogens (tertiary/aromatic N) is 1. The van der Waals surface area contributed by atoms with E-state index in [4.69, 9.17) is 0 Å². The maximum Gasteiger partial charge on any atom is 0.131 e. The van der Waals surface area contributed by atoms with Gasteiger partial charge in [0.05, 0.1) is 0 Å². The molecule has 0 atom stereocenters. The second-order valence-corrected chi connectivity index (χ2v) is 9.47. The lowest BCUT2D eigenvalue weighted by Crippen LogP contribution is -1.91. The molecule has 1 aromatic heterocycles. The third-order valence-corrected chi connectivity index (χ3v) is 6.74. The van der Waals surface area contributed by atoms with Gasteiger partial charge in [-0.3, -0.25) is 4.98 Å². The van der Waals surface area contributed by atoms with Crippen LogP contribution in [0.5, 0.6) is 0 Å². The SMILES string of the molecule is CCCCCc1ccc(-c2ccc(-c3ccc(CCCCCc4cccnc4)cc3)c(F)c2)cc1. The molecule has 1 heterocycles. The molecule has 0 saturated carbocycles. The fourth-order valence-electron chi connectivity index (χ4n) is 4.60. The van der Waals surface area contributed by atoms with Crippen molar-refractivity contribution in [3.05, 3.63) is 114 Å². The van der Waals surface area contributed by atoms with Gasteiger partial charge in [-0.25, -0.2) is 4.39 Å². The predicted octanol–water partition coefficient (Wildman–Crippen LogP) is 9.24. The Morgan fingerprint density at radius 2 is 1.20 bits per heavy atom. The lowest BCUT2D eigenvalue weighted by molar-refractivity contribution is 0.632. The largest absolute Gasteiger partial charge is 0.264 e. The first-order valence-electron chi connectivity index (χ1n) is 13.1. The highest BCUT2D eigenvalue weighted by molar-refractivity contribution is 5.71. The molecular weight excluding hydrogens is 429 g/mol. The Balaban J connectivity index is 1.30. The molecule has 35 heavy (non-hydrogen) atoms. The van der Waals surface area contributed by atoms with Crippen LogP contribution in [0.4, 0.5) is 4.39 Å². The van der Waals surface area contributed by atoms with Crippen LogP contribution < -0.4 is 0 Å². The van der Waals surface area contributed by atoms with E-state index in [0.717, 1.165) is 36.0 Å². The summed E-state index contributed by atoms with van der Waals surface area (Å²) >= 11 is 0. The molecule has 180 valence electrons. The zero-order valence-electron chi connectivity index (χ0n) is 20.8. The first kappa shape index (κ1) is 24.9. The monoisotopic (exact) mass is 465 g/mol. The van der Waals surface area contributed by atoms with Gasteiger partial charge in [0.15, 0.2) is 0 Å². The third-order valence-electron chi connectivity index (χ3n) is 6.74. The van der Waals surface area contributed by atoms with Crippen molar-refractivity contribution in [2.75, 3.05) is 0 Å². The van der Waals surface area contributed by atoms with Gasteiger partial charge in [-0.1, -0.05) is 92.9 Å². The smallest absolute Gasteiger partial charge is 0.131 e. The number of hydrogen-bond acceptors (Lipinski definition) is 1. The summed E-state index contributed by atoms with van der Waals surface area (Å²) in [4.78, 5) is 4.18. The fourth-order valence-corrected chi connectivity index (χ4v) is 4.60. The van der Waals surface area contributed by atoms with Gasteiger partial charge in [-0.05, 0) is 84.0 Å². The maximum absolute atomic E-state index is 15.0. The Hall–Kier alpha value is -3.26. The molecule has 0 unspecified atom stereocenters. The Labute approximate surface area is 210 Å². The van der Waals surface area contributed by atoms with E-state index >= 15 is 4.39 Å². The summed E-state index contributed by atoms with van der Waals surface area (Å²) < 4.78 is 15.0. The van der Waals surface area contributed by atoms with Crippen molar-refractivity contribution in [2.45, 2.75) is 64.7 Å². The lowest BCUT2D eigenvalue weighted by atomic mass is 9.97. The molecule has 1 nitrogen and oxygen atoms in total. The number of rotatable bonds is 12. The number of pyridine rings is 1. The molecule has 2 heteroatoms. The molecule has 0 N–H and O–H groups in total. The van der Waals surface area contributed by atoms with Gasteiger partial charge < -0.3 is 0 Å². The number of aryl methyl sites for hydroxylation is 3. The van der Waals surface area contributed by atoms with Crippen LogP contribution in [0.25, 0.3) is 22.3 Å². The van der Waals surface area contributed by atoms with Crippen molar-refractivity contribution in [1.82, 2.24) is 4.98 Å². The number of hydrogen-bond donors (Lipinski definition) is 0. The molecule has 0 aliphatic carbocycles. The first-order valence-corrected chi connectivity index (χ1v) is 13.1. The van der Waals surface area contributed by atoms with E-state index < -0.39 is 0 Å². The fraction of sp³-hybridized carbons (Fsp3) is 0.303. The molecule has 0 saturated heterocycles. The van der Waals surface area contributed by atoms with Crippen LogP contribution in [0, 0.1) is 5.82 Å². The van der Waals surface area contributed by atoms with Crippen molar-refractivity contribution in [3.63, 3.8) is 0 Å². The van der Waals surface area contributed by atoms with E-state index in [1.165, 1.54) is 55.2 Å². The van der Waals surface area contributed by atoms with Crippen molar-refractivity contribution in [2.24, 2.45) is 0 Å². The second kappa shape index (κ2) is 13.0. The van der Waals surface area contributed by atoms with Crippen LogP contribution in [-0.2, 0) is 19.3 Å². The van der Waals surface area contributed by atoms with Gasteiger partial charge in [-0.2, -0.15) is 0 Å². The van der Waals surface area contributed by atoms with Crippen LogP contribution in [0.1, 0.15) is 62.1 Å². The van der Waals surface area contributed by atoms with Crippen molar-refractivity contribution < 1.29 is 4.39 Å². The van der Waals surface area contributed by atoms with Gasteiger partial charge in [0, 0.05) is 18.0 Å². The summed E-state index contributed by atoms with van der Waals surface area (Å²) in [6.45, 7) is 2.23. The first-order chi connectivity index (χ1) is 17.2. The zero-order chi connectivity index (χ0) is 24.3. The van der Waals surface area contributed by atoms with E-state index in [9.17, 15) is 0 Å².